The molecule has 148 valence electrons. The van der Waals surface area contributed by atoms with Crippen LogP contribution in [0.3, 0.4) is 0 Å². The average molecular weight is 430 g/mol. The molecule has 3 rings (SSSR count). The third kappa shape index (κ3) is 5.52. The van der Waals surface area contributed by atoms with E-state index >= 15 is 0 Å². The highest BCUT2D eigenvalue weighted by Crippen LogP contribution is 2.15. The van der Waals surface area contributed by atoms with E-state index in [0.717, 1.165) is 18.0 Å². The molecule has 1 aromatic carbocycles. The smallest absolute Gasteiger partial charge is 0.254 e. The van der Waals surface area contributed by atoms with E-state index in [4.69, 9.17) is 0 Å². The van der Waals surface area contributed by atoms with E-state index < -0.39 is 10.0 Å². The summed E-state index contributed by atoms with van der Waals surface area (Å²) in [5.41, 5.74) is 0.510. The third-order valence-electron chi connectivity index (χ3n) is 4.42. The Morgan fingerprint density at radius 3 is 2.67 bits per heavy atom. The molecule has 0 radical (unpaired) electrons. The van der Waals surface area contributed by atoms with Gasteiger partial charge in [0.25, 0.3) is 5.91 Å². The number of carbonyl (C=O) groups excluding carboxylic acids is 1. The summed E-state index contributed by atoms with van der Waals surface area (Å²) in [7, 11) is -3.57. The first-order valence-corrected chi connectivity index (χ1v) is 11.0. The van der Waals surface area contributed by atoms with Crippen molar-refractivity contribution in [1.29, 1.82) is 0 Å². The lowest BCUT2D eigenvalue weighted by atomic mass is 10.1. The SMILES string of the molecule is C[C@H]1CNCCN1C(=O)c1ccc(S(=O)(=O)NCCc2cccs2)cc1.Cl. The largest absolute Gasteiger partial charge is 0.333 e. The molecule has 9 heteroatoms. The van der Waals surface area contributed by atoms with E-state index in [1.807, 2.05) is 29.3 Å². The molecule has 1 aliphatic rings. The first kappa shape index (κ1) is 21.8. The first-order chi connectivity index (χ1) is 12.5. The summed E-state index contributed by atoms with van der Waals surface area (Å²) in [6.07, 6.45) is 0.661. The van der Waals surface area contributed by atoms with Crippen LogP contribution in [0, 0.1) is 0 Å². The molecule has 1 saturated heterocycles. The van der Waals surface area contributed by atoms with Crippen LogP contribution in [0.5, 0.6) is 0 Å². The van der Waals surface area contributed by atoms with Crippen LogP contribution in [0.4, 0.5) is 0 Å². The minimum absolute atomic E-state index is 0. The van der Waals surface area contributed by atoms with Crippen molar-refractivity contribution in [2.24, 2.45) is 0 Å². The zero-order chi connectivity index (χ0) is 18.6. The highest BCUT2D eigenvalue weighted by molar-refractivity contribution is 7.89. The lowest BCUT2D eigenvalue weighted by molar-refractivity contribution is 0.0655. The number of nitrogens with zero attached hydrogens (tertiary/aromatic N) is 1. The lowest BCUT2D eigenvalue weighted by Crippen LogP contribution is -2.52. The molecule has 0 bridgehead atoms. The van der Waals surface area contributed by atoms with E-state index in [-0.39, 0.29) is 29.3 Å². The van der Waals surface area contributed by atoms with Gasteiger partial charge in [-0.05, 0) is 49.1 Å². The molecule has 6 nitrogen and oxygen atoms in total. The van der Waals surface area contributed by atoms with E-state index in [0.29, 0.717) is 25.1 Å². The fourth-order valence-corrected chi connectivity index (χ4v) is 4.67. The van der Waals surface area contributed by atoms with Crippen LogP contribution in [0.1, 0.15) is 22.2 Å². The fourth-order valence-electron chi connectivity index (χ4n) is 2.93. The van der Waals surface area contributed by atoms with Gasteiger partial charge >= 0.3 is 0 Å². The van der Waals surface area contributed by atoms with Gasteiger partial charge in [0.2, 0.25) is 10.0 Å². The molecule has 1 aromatic heterocycles. The fraction of sp³-hybridized carbons (Fsp3) is 0.389. The molecule has 1 amide bonds. The van der Waals surface area contributed by atoms with Gasteiger partial charge in [-0.3, -0.25) is 4.79 Å². The number of carbonyl (C=O) groups is 1. The van der Waals surface area contributed by atoms with Crippen LogP contribution in [-0.4, -0.2) is 51.4 Å². The quantitative estimate of drug-likeness (QED) is 0.737. The van der Waals surface area contributed by atoms with Crippen LogP contribution < -0.4 is 10.0 Å². The number of nitrogens with one attached hydrogen (secondary N) is 2. The Kier molecular flexibility index (Phi) is 7.81. The van der Waals surface area contributed by atoms with Crippen molar-refractivity contribution >= 4 is 39.7 Å². The molecular weight excluding hydrogens is 406 g/mol. The zero-order valence-corrected chi connectivity index (χ0v) is 17.5. The van der Waals surface area contributed by atoms with Crippen molar-refractivity contribution < 1.29 is 13.2 Å². The number of benzene rings is 1. The second-order valence-corrected chi connectivity index (χ2v) is 9.10. The molecule has 1 fully saturated rings. The molecule has 1 atom stereocenters. The summed E-state index contributed by atoms with van der Waals surface area (Å²) in [5, 5.41) is 5.22. The molecule has 2 aromatic rings. The number of amides is 1. The van der Waals surface area contributed by atoms with Crippen molar-refractivity contribution in [3.8, 4) is 0 Å². The normalized spacial score (nSPS) is 17.4. The van der Waals surface area contributed by atoms with Gasteiger partial charge in [0.05, 0.1) is 4.90 Å². The summed E-state index contributed by atoms with van der Waals surface area (Å²) in [6, 6.07) is 10.2. The number of rotatable bonds is 6. The molecule has 2 N–H and O–H groups in total. The summed E-state index contributed by atoms with van der Waals surface area (Å²) < 4.78 is 27.4. The molecule has 0 unspecified atom stereocenters. The Balaban J connectivity index is 0.00000261. The minimum Gasteiger partial charge on any atom is -0.333 e. The summed E-state index contributed by atoms with van der Waals surface area (Å²) in [4.78, 5) is 15.7. The van der Waals surface area contributed by atoms with Crippen LogP contribution in [0.15, 0.2) is 46.7 Å². The predicted molar refractivity (Wildman–Crippen MR) is 110 cm³/mol. The average Bonchev–Trinajstić information content (AvgIpc) is 3.15. The van der Waals surface area contributed by atoms with Gasteiger partial charge in [0, 0.05) is 42.7 Å². The maximum atomic E-state index is 12.6. The molecular formula is C18H24ClN3O3S2. The maximum absolute atomic E-state index is 12.6. The molecule has 1 aliphatic heterocycles. The standard InChI is InChI=1S/C18H23N3O3S2.ClH/c1-14-13-19-10-11-21(14)18(22)15-4-6-17(7-5-15)26(23,24)20-9-8-16-3-2-12-25-16;/h2-7,12,14,19-20H,8-11,13H2,1H3;1H/t14-;/m0./s1. The first-order valence-electron chi connectivity index (χ1n) is 8.61. The minimum atomic E-state index is -3.57. The Hall–Kier alpha value is -1.45. The van der Waals surface area contributed by atoms with Crippen LogP contribution >= 0.6 is 23.7 Å². The topological polar surface area (TPSA) is 78.5 Å². The maximum Gasteiger partial charge on any atom is 0.254 e. The molecule has 0 aliphatic carbocycles. The molecule has 0 saturated carbocycles. The third-order valence-corrected chi connectivity index (χ3v) is 6.83. The van der Waals surface area contributed by atoms with E-state index in [9.17, 15) is 13.2 Å². The van der Waals surface area contributed by atoms with E-state index in [1.54, 1.807) is 23.5 Å². The van der Waals surface area contributed by atoms with E-state index in [1.165, 1.54) is 12.1 Å². The van der Waals surface area contributed by atoms with Crippen molar-refractivity contribution in [1.82, 2.24) is 14.9 Å². The second kappa shape index (κ2) is 9.66. The van der Waals surface area contributed by atoms with Crippen LogP contribution in [-0.2, 0) is 16.4 Å². The number of piperazine rings is 1. The summed E-state index contributed by atoms with van der Waals surface area (Å²) >= 11 is 1.61. The van der Waals surface area contributed by atoms with Crippen molar-refractivity contribution in [2.45, 2.75) is 24.3 Å². The van der Waals surface area contributed by atoms with Gasteiger partial charge < -0.3 is 10.2 Å². The molecule has 27 heavy (non-hydrogen) atoms. The summed E-state index contributed by atoms with van der Waals surface area (Å²) in [6.45, 7) is 4.55. The summed E-state index contributed by atoms with van der Waals surface area (Å²) in [5.74, 6) is -0.0615. The van der Waals surface area contributed by atoms with Crippen LogP contribution in [0.25, 0.3) is 0 Å². The number of hydrogen-bond donors (Lipinski definition) is 2. The number of halogens is 1. The highest BCUT2D eigenvalue weighted by Gasteiger charge is 2.24. The number of hydrogen-bond acceptors (Lipinski definition) is 5. The lowest BCUT2D eigenvalue weighted by Gasteiger charge is -2.34. The highest BCUT2D eigenvalue weighted by atomic mass is 35.5. The van der Waals surface area contributed by atoms with Crippen LogP contribution in [0.2, 0.25) is 0 Å². The molecule has 0 spiro atoms. The number of sulfonamides is 1. The number of thiophene rings is 1. The predicted octanol–water partition coefficient (Wildman–Crippen LogP) is 2.12. The van der Waals surface area contributed by atoms with Crippen molar-refractivity contribution in [3.63, 3.8) is 0 Å². The Labute approximate surface area is 170 Å². The van der Waals surface area contributed by atoms with Crippen molar-refractivity contribution in [3.05, 3.63) is 52.2 Å². The Morgan fingerprint density at radius 1 is 1.30 bits per heavy atom. The van der Waals surface area contributed by atoms with Gasteiger partial charge in [-0.2, -0.15) is 0 Å². The van der Waals surface area contributed by atoms with E-state index in [2.05, 4.69) is 10.0 Å². The zero-order valence-electron chi connectivity index (χ0n) is 15.1. The molecule has 2 heterocycles. The van der Waals surface area contributed by atoms with Gasteiger partial charge in [-0.1, -0.05) is 6.07 Å². The van der Waals surface area contributed by atoms with Gasteiger partial charge in [-0.15, -0.1) is 23.7 Å². The second-order valence-electron chi connectivity index (χ2n) is 6.30. The van der Waals surface area contributed by atoms with Gasteiger partial charge in [0.1, 0.15) is 0 Å². The Bertz CT molecular complexity index is 839. The van der Waals surface area contributed by atoms with Gasteiger partial charge in [-0.25, -0.2) is 13.1 Å². The van der Waals surface area contributed by atoms with Gasteiger partial charge in [0.15, 0.2) is 0 Å². The van der Waals surface area contributed by atoms with Crippen molar-refractivity contribution in [2.75, 3.05) is 26.2 Å². The monoisotopic (exact) mass is 429 g/mol. The Morgan fingerprint density at radius 2 is 2.04 bits per heavy atom.